The van der Waals surface area contributed by atoms with E-state index < -0.39 is 5.97 Å². The van der Waals surface area contributed by atoms with E-state index in [1.165, 1.54) is 6.07 Å². The van der Waals surface area contributed by atoms with Crippen LogP contribution in [0.5, 0.6) is 0 Å². The van der Waals surface area contributed by atoms with Gasteiger partial charge in [0.05, 0.1) is 0 Å². The molecule has 2 N–H and O–H groups in total. The van der Waals surface area contributed by atoms with Crippen LogP contribution >= 0.6 is 0 Å². The van der Waals surface area contributed by atoms with E-state index in [1.54, 1.807) is 13.0 Å². The van der Waals surface area contributed by atoms with E-state index in [0.29, 0.717) is 18.5 Å². The van der Waals surface area contributed by atoms with Crippen LogP contribution in [-0.4, -0.2) is 41.5 Å². The van der Waals surface area contributed by atoms with Gasteiger partial charge in [0.25, 0.3) is 0 Å². The Hall–Kier alpha value is -1.95. The van der Waals surface area contributed by atoms with Crippen LogP contribution in [0.25, 0.3) is 0 Å². The van der Waals surface area contributed by atoms with Crippen LogP contribution in [0.1, 0.15) is 36.8 Å². The molecular formula is C18H25FN2O3. The van der Waals surface area contributed by atoms with Gasteiger partial charge in [-0.15, -0.1) is 0 Å². The van der Waals surface area contributed by atoms with Crippen LogP contribution in [0, 0.1) is 18.7 Å². The fourth-order valence-corrected chi connectivity index (χ4v) is 2.95. The summed E-state index contributed by atoms with van der Waals surface area (Å²) in [4.78, 5) is 25.0. The first-order valence-corrected chi connectivity index (χ1v) is 8.42. The molecule has 2 rings (SSSR count). The minimum atomic E-state index is -0.767. The van der Waals surface area contributed by atoms with Crippen molar-refractivity contribution in [2.45, 2.75) is 39.2 Å². The number of hydrogen-bond acceptors (Lipinski definition) is 3. The zero-order chi connectivity index (χ0) is 17.5. The highest BCUT2D eigenvalue weighted by atomic mass is 19.1. The lowest BCUT2D eigenvalue weighted by Crippen LogP contribution is -2.40. The fraction of sp³-hybridized carbons (Fsp3) is 0.556. The summed E-state index contributed by atoms with van der Waals surface area (Å²) < 4.78 is 13.5. The van der Waals surface area contributed by atoms with Gasteiger partial charge >= 0.3 is 5.97 Å². The van der Waals surface area contributed by atoms with E-state index in [9.17, 15) is 14.0 Å². The Morgan fingerprint density at radius 3 is 2.67 bits per heavy atom. The third kappa shape index (κ3) is 5.60. The molecule has 1 aromatic rings. The molecule has 1 aromatic carbocycles. The maximum Gasteiger partial charge on any atom is 0.303 e. The summed E-state index contributed by atoms with van der Waals surface area (Å²) in [5.41, 5.74) is 1.36. The van der Waals surface area contributed by atoms with Crippen molar-refractivity contribution in [2.75, 3.05) is 19.6 Å². The standard InChI is InChI=1S/C18H25FN2O3/c1-13-4-5-14(11-16(13)19)12-20-18(24)15-6-9-21(10-7-15)8-2-3-17(22)23/h4-5,11,15H,2-3,6-10,12H2,1H3,(H,20,24)(H,22,23). The Morgan fingerprint density at radius 1 is 1.33 bits per heavy atom. The van der Waals surface area contributed by atoms with Crippen molar-refractivity contribution in [3.05, 3.63) is 35.1 Å². The van der Waals surface area contributed by atoms with Crippen LogP contribution in [0.3, 0.4) is 0 Å². The lowest BCUT2D eigenvalue weighted by molar-refractivity contribution is -0.137. The van der Waals surface area contributed by atoms with Gasteiger partial charge in [0.15, 0.2) is 0 Å². The zero-order valence-corrected chi connectivity index (χ0v) is 14.1. The molecule has 1 amide bonds. The molecular weight excluding hydrogens is 311 g/mol. The third-order valence-electron chi connectivity index (χ3n) is 4.53. The molecule has 0 radical (unpaired) electrons. The van der Waals surface area contributed by atoms with Crippen molar-refractivity contribution in [3.63, 3.8) is 0 Å². The number of carboxylic acids is 1. The average Bonchev–Trinajstić information content (AvgIpc) is 2.56. The maximum absolute atomic E-state index is 13.5. The normalized spacial score (nSPS) is 16.1. The molecule has 1 fully saturated rings. The van der Waals surface area contributed by atoms with Gasteiger partial charge in [-0.3, -0.25) is 9.59 Å². The summed E-state index contributed by atoms with van der Waals surface area (Å²) in [6, 6.07) is 5.00. The number of nitrogens with zero attached hydrogens (tertiary/aromatic N) is 1. The Kier molecular flexibility index (Phi) is 6.73. The summed E-state index contributed by atoms with van der Waals surface area (Å²) in [5, 5.41) is 11.5. The molecule has 0 atom stereocenters. The zero-order valence-electron chi connectivity index (χ0n) is 14.1. The summed E-state index contributed by atoms with van der Waals surface area (Å²) in [7, 11) is 0. The minimum absolute atomic E-state index is 0.0150. The molecule has 132 valence electrons. The highest BCUT2D eigenvalue weighted by molar-refractivity contribution is 5.78. The topological polar surface area (TPSA) is 69.6 Å². The first kappa shape index (κ1) is 18.4. The minimum Gasteiger partial charge on any atom is -0.481 e. The second-order valence-electron chi connectivity index (χ2n) is 6.41. The number of halogens is 1. The lowest BCUT2D eigenvalue weighted by Gasteiger charge is -2.31. The molecule has 6 heteroatoms. The molecule has 5 nitrogen and oxygen atoms in total. The van der Waals surface area contributed by atoms with E-state index in [2.05, 4.69) is 10.2 Å². The van der Waals surface area contributed by atoms with Gasteiger partial charge in [-0.25, -0.2) is 4.39 Å². The number of nitrogens with one attached hydrogen (secondary N) is 1. The highest BCUT2D eigenvalue weighted by Gasteiger charge is 2.24. The van der Waals surface area contributed by atoms with Gasteiger partial charge in [-0.2, -0.15) is 0 Å². The average molecular weight is 336 g/mol. The molecule has 1 aliphatic heterocycles. The smallest absolute Gasteiger partial charge is 0.303 e. The Labute approximate surface area is 141 Å². The largest absolute Gasteiger partial charge is 0.481 e. The molecule has 0 bridgehead atoms. The van der Waals surface area contributed by atoms with E-state index in [1.807, 2.05) is 6.07 Å². The monoisotopic (exact) mass is 336 g/mol. The van der Waals surface area contributed by atoms with Gasteiger partial charge in [0.2, 0.25) is 5.91 Å². The van der Waals surface area contributed by atoms with Gasteiger partial charge in [0, 0.05) is 18.9 Å². The quantitative estimate of drug-likeness (QED) is 0.802. The number of likely N-dealkylation sites (tertiary alicyclic amines) is 1. The van der Waals surface area contributed by atoms with Crippen molar-refractivity contribution in [1.29, 1.82) is 0 Å². The SMILES string of the molecule is Cc1ccc(CNC(=O)C2CCN(CCCC(=O)O)CC2)cc1F. The molecule has 24 heavy (non-hydrogen) atoms. The number of benzene rings is 1. The van der Waals surface area contributed by atoms with Gasteiger partial charge in [0.1, 0.15) is 5.82 Å². The lowest BCUT2D eigenvalue weighted by atomic mass is 9.95. The maximum atomic E-state index is 13.5. The predicted molar refractivity (Wildman–Crippen MR) is 89.0 cm³/mol. The summed E-state index contributed by atoms with van der Waals surface area (Å²) in [6.45, 7) is 4.45. The first-order chi connectivity index (χ1) is 11.5. The van der Waals surface area contributed by atoms with Crippen LogP contribution < -0.4 is 5.32 Å². The van der Waals surface area contributed by atoms with E-state index in [-0.39, 0.29) is 24.1 Å². The van der Waals surface area contributed by atoms with E-state index >= 15 is 0 Å². The molecule has 1 aliphatic rings. The highest BCUT2D eigenvalue weighted by Crippen LogP contribution is 2.18. The Bertz CT molecular complexity index is 584. The van der Waals surface area contributed by atoms with E-state index in [0.717, 1.165) is 38.0 Å². The van der Waals surface area contributed by atoms with Crippen molar-refractivity contribution >= 4 is 11.9 Å². The molecule has 0 saturated carbocycles. The number of hydrogen-bond donors (Lipinski definition) is 2. The van der Waals surface area contributed by atoms with Crippen LogP contribution in [0.2, 0.25) is 0 Å². The number of carbonyl (C=O) groups excluding carboxylic acids is 1. The second kappa shape index (κ2) is 8.78. The Balaban J connectivity index is 1.70. The van der Waals surface area contributed by atoms with Crippen LogP contribution in [0.15, 0.2) is 18.2 Å². The fourth-order valence-electron chi connectivity index (χ4n) is 2.95. The molecule has 0 aromatic heterocycles. The number of aryl methyl sites for hydroxylation is 1. The number of carbonyl (C=O) groups is 2. The number of piperidine rings is 1. The van der Waals surface area contributed by atoms with Crippen LogP contribution in [0.4, 0.5) is 4.39 Å². The predicted octanol–water partition coefficient (Wildman–Crippen LogP) is 2.33. The first-order valence-electron chi connectivity index (χ1n) is 8.42. The van der Waals surface area contributed by atoms with Gasteiger partial charge < -0.3 is 15.3 Å². The third-order valence-corrected chi connectivity index (χ3v) is 4.53. The van der Waals surface area contributed by atoms with E-state index in [4.69, 9.17) is 5.11 Å². The molecule has 0 aliphatic carbocycles. The van der Waals surface area contributed by atoms with Crippen molar-refractivity contribution in [2.24, 2.45) is 5.92 Å². The second-order valence-corrected chi connectivity index (χ2v) is 6.41. The summed E-state index contributed by atoms with van der Waals surface area (Å²) in [5.74, 6) is -1.02. The number of amides is 1. The Morgan fingerprint density at radius 2 is 2.04 bits per heavy atom. The van der Waals surface area contributed by atoms with Gasteiger partial charge in [-0.1, -0.05) is 12.1 Å². The molecule has 0 spiro atoms. The van der Waals surface area contributed by atoms with Crippen LogP contribution in [-0.2, 0) is 16.1 Å². The molecule has 1 saturated heterocycles. The summed E-state index contributed by atoms with van der Waals surface area (Å²) in [6.07, 6.45) is 2.39. The molecule has 0 unspecified atom stereocenters. The van der Waals surface area contributed by atoms with Crippen molar-refractivity contribution in [1.82, 2.24) is 10.2 Å². The van der Waals surface area contributed by atoms with Gasteiger partial charge in [-0.05, 0) is 63.0 Å². The van der Waals surface area contributed by atoms with Crippen molar-refractivity contribution < 1.29 is 19.1 Å². The number of carboxylic acid groups (broad SMARTS) is 1. The number of aliphatic carboxylic acids is 1. The number of rotatable bonds is 7. The summed E-state index contributed by atoms with van der Waals surface area (Å²) >= 11 is 0. The van der Waals surface area contributed by atoms with Crippen molar-refractivity contribution in [3.8, 4) is 0 Å². The molecule has 1 heterocycles.